The zero-order valence-corrected chi connectivity index (χ0v) is 20.1. The number of amides is 1. The number of likely N-dealkylation sites (tertiary alicyclic amines) is 1. The van der Waals surface area contributed by atoms with Crippen LogP contribution in [0.5, 0.6) is 0 Å². The van der Waals surface area contributed by atoms with E-state index in [1.54, 1.807) is 24.3 Å². The summed E-state index contributed by atoms with van der Waals surface area (Å²) in [6, 6.07) is 7.27. The minimum Gasteiger partial charge on any atom is -0.392 e. The van der Waals surface area contributed by atoms with Crippen LogP contribution in [0.1, 0.15) is 83.5 Å². The van der Waals surface area contributed by atoms with Gasteiger partial charge in [0.1, 0.15) is 0 Å². The quantitative estimate of drug-likeness (QED) is 0.516. The number of rotatable bonds is 7. The van der Waals surface area contributed by atoms with Crippen molar-refractivity contribution in [2.75, 3.05) is 6.54 Å². The Bertz CT molecular complexity index is 745. The van der Waals surface area contributed by atoms with Gasteiger partial charge in [0, 0.05) is 24.0 Å². The molecule has 2 fully saturated rings. The first-order valence-corrected chi connectivity index (χ1v) is 12.2. The molecule has 1 amide bonds. The summed E-state index contributed by atoms with van der Waals surface area (Å²) in [5.74, 6) is 0.243. The molecule has 1 saturated carbocycles. The summed E-state index contributed by atoms with van der Waals surface area (Å²) < 4.78 is 0. The fourth-order valence-electron chi connectivity index (χ4n) is 5.44. The summed E-state index contributed by atoms with van der Waals surface area (Å²) in [5, 5.41) is 34.4. The average molecular weight is 447 g/mol. The molecule has 0 spiro atoms. The van der Waals surface area contributed by atoms with Crippen molar-refractivity contribution >= 4 is 5.91 Å². The zero-order valence-electron chi connectivity index (χ0n) is 20.1. The van der Waals surface area contributed by atoms with E-state index in [2.05, 4.69) is 10.2 Å². The lowest BCUT2D eigenvalue weighted by atomic mass is 9.75. The number of benzene rings is 1. The smallest absolute Gasteiger partial charge is 0.237 e. The minimum atomic E-state index is -0.813. The molecular weight excluding hydrogens is 404 g/mol. The van der Waals surface area contributed by atoms with Gasteiger partial charge in [-0.2, -0.15) is 0 Å². The molecule has 0 unspecified atom stereocenters. The normalized spacial score (nSPS) is 27.3. The van der Waals surface area contributed by atoms with Crippen LogP contribution in [0.25, 0.3) is 0 Å². The predicted molar refractivity (Wildman–Crippen MR) is 126 cm³/mol. The van der Waals surface area contributed by atoms with E-state index in [0.29, 0.717) is 18.5 Å². The van der Waals surface area contributed by atoms with Crippen LogP contribution in [-0.4, -0.2) is 56.4 Å². The average Bonchev–Trinajstić information content (AvgIpc) is 2.77. The SMILES string of the molecule is C[C@@H]([C@H](O)c1ccc(CO)cc1)[C@@H](O)CN1[C@@H](C(=O)NC(C)(C)C)CC[C@H]2CCCC[C@H]21. The van der Waals surface area contributed by atoms with Crippen LogP contribution in [0, 0.1) is 11.8 Å². The first kappa shape index (κ1) is 25.2. The summed E-state index contributed by atoms with van der Waals surface area (Å²) in [7, 11) is 0. The summed E-state index contributed by atoms with van der Waals surface area (Å²) in [6.07, 6.45) is 4.98. The topological polar surface area (TPSA) is 93.0 Å². The lowest BCUT2D eigenvalue weighted by Gasteiger charge is -2.49. The molecule has 1 saturated heterocycles. The van der Waals surface area contributed by atoms with Crippen molar-refractivity contribution in [3.05, 3.63) is 35.4 Å². The number of aliphatic hydroxyl groups excluding tert-OH is 3. The van der Waals surface area contributed by atoms with Crippen molar-refractivity contribution in [2.45, 2.75) is 103 Å². The molecule has 1 aliphatic heterocycles. The molecular formula is C26H42N2O4. The Morgan fingerprint density at radius 1 is 1.09 bits per heavy atom. The summed E-state index contributed by atoms with van der Waals surface area (Å²) in [4.78, 5) is 15.4. The molecule has 3 rings (SSSR count). The minimum absolute atomic E-state index is 0.0376. The number of hydrogen-bond acceptors (Lipinski definition) is 5. The molecule has 0 aromatic heterocycles. The van der Waals surface area contributed by atoms with E-state index in [4.69, 9.17) is 0 Å². The van der Waals surface area contributed by atoms with Crippen molar-refractivity contribution in [3.8, 4) is 0 Å². The third-order valence-corrected chi connectivity index (χ3v) is 7.31. The third-order valence-electron chi connectivity index (χ3n) is 7.31. The Morgan fingerprint density at radius 2 is 1.75 bits per heavy atom. The van der Waals surface area contributed by atoms with Crippen molar-refractivity contribution in [1.82, 2.24) is 10.2 Å². The van der Waals surface area contributed by atoms with E-state index >= 15 is 0 Å². The maximum Gasteiger partial charge on any atom is 0.237 e. The Balaban J connectivity index is 1.74. The molecule has 0 radical (unpaired) electrons. The Morgan fingerprint density at radius 3 is 2.38 bits per heavy atom. The van der Waals surface area contributed by atoms with Crippen LogP contribution >= 0.6 is 0 Å². The van der Waals surface area contributed by atoms with E-state index in [-0.39, 0.29) is 30.0 Å². The number of fused-ring (bicyclic) bond motifs is 1. The number of nitrogens with one attached hydrogen (secondary N) is 1. The van der Waals surface area contributed by atoms with Crippen molar-refractivity contribution in [1.29, 1.82) is 0 Å². The van der Waals surface area contributed by atoms with Crippen LogP contribution in [0.4, 0.5) is 0 Å². The predicted octanol–water partition coefficient (Wildman–Crippen LogP) is 3.15. The van der Waals surface area contributed by atoms with Crippen molar-refractivity contribution < 1.29 is 20.1 Å². The molecule has 1 heterocycles. The monoisotopic (exact) mass is 446 g/mol. The molecule has 180 valence electrons. The molecule has 32 heavy (non-hydrogen) atoms. The van der Waals surface area contributed by atoms with Gasteiger partial charge in [-0.25, -0.2) is 0 Å². The van der Waals surface area contributed by atoms with Gasteiger partial charge in [-0.3, -0.25) is 9.69 Å². The Hall–Kier alpha value is -1.47. The highest BCUT2D eigenvalue weighted by Gasteiger charge is 2.43. The van der Waals surface area contributed by atoms with E-state index in [0.717, 1.165) is 36.8 Å². The van der Waals surface area contributed by atoms with E-state index in [9.17, 15) is 20.1 Å². The largest absolute Gasteiger partial charge is 0.392 e. The van der Waals surface area contributed by atoms with E-state index < -0.39 is 12.2 Å². The number of carbonyl (C=O) groups excluding carboxylic acids is 1. The van der Waals surface area contributed by atoms with Crippen LogP contribution in [-0.2, 0) is 11.4 Å². The number of hydrogen-bond donors (Lipinski definition) is 4. The van der Waals surface area contributed by atoms with Gasteiger partial charge in [0.05, 0.1) is 24.9 Å². The van der Waals surface area contributed by atoms with Gasteiger partial charge in [-0.1, -0.05) is 44.0 Å². The third kappa shape index (κ3) is 6.10. The molecule has 2 aliphatic rings. The number of nitrogens with zero attached hydrogens (tertiary/aromatic N) is 1. The fourth-order valence-corrected chi connectivity index (χ4v) is 5.44. The van der Waals surface area contributed by atoms with Gasteiger partial charge in [0.25, 0.3) is 0 Å². The van der Waals surface area contributed by atoms with E-state index in [1.165, 1.54) is 12.8 Å². The highest BCUT2D eigenvalue weighted by molar-refractivity contribution is 5.82. The highest BCUT2D eigenvalue weighted by Crippen LogP contribution is 2.39. The van der Waals surface area contributed by atoms with Gasteiger partial charge in [0.15, 0.2) is 0 Å². The lowest BCUT2D eigenvalue weighted by Crippen LogP contribution is -2.61. The summed E-state index contributed by atoms with van der Waals surface area (Å²) >= 11 is 0. The molecule has 6 heteroatoms. The van der Waals surface area contributed by atoms with Gasteiger partial charge in [0.2, 0.25) is 5.91 Å². The van der Waals surface area contributed by atoms with Crippen molar-refractivity contribution in [2.24, 2.45) is 11.8 Å². The first-order valence-electron chi connectivity index (χ1n) is 12.2. The Kier molecular flexibility index (Phi) is 8.37. The second-order valence-corrected chi connectivity index (χ2v) is 10.9. The highest BCUT2D eigenvalue weighted by atomic mass is 16.3. The lowest BCUT2D eigenvalue weighted by molar-refractivity contribution is -0.134. The zero-order chi connectivity index (χ0) is 23.5. The second kappa shape index (κ2) is 10.6. The molecule has 6 nitrogen and oxygen atoms in total. The molecule has 1 aromatic rings. The fraction of sp³-hybridized carbons (Fsp3) is 0.731. The second-order valence-electron chi connectivity index (χ2n) is 10.9. The summed E-state index contributed by atoms with van der Waals surface area (Å²) in [5.41, 5.74) is 1.22. The number of aliphatic hydroxyl groups is 3. The van der Waals surface area contributed by atoms with Crippen LogP contribution in [0.15, 0.2) is 24.3 Å². The van der Waals surface area contributed by atoms with Crippen LogP contribution < -0.4 is 5.32 Å². The van der Waals surface area contributed by atoms with Crippen LogP contribution in [0.3, 0.4) is 0 Å². The standard InChI is InChI=1S/C26H42N2O4/c1-17(24(31)20-11-9-18(16-29)10-12-20)23(30)15-28-21-8-6-5-7-19(21)13-14-22(28)25(32)27-26(2,3)4/h9-12,17,19,21-24,29-31H,5-8,13-16H2,1-4H3,(H,27,32)/t17-,19-,21-,22-,23+,24+/m1/s1. The number of piperidine rings is 1. The molecule has 4 N–H and O–H groups in total. The summed E-state index contributed by atoms with van der Waals surface area (Å²) in [6.45, 7) is 8.20. The van der Waals surface area contributed by atoms with Gasteiger partial charge >= 0.3 is 0 Å². The number of carbonyl (C=O) groups is 1. The van der Waals surface area contributed by atoms with Crippen LogP contribution in [0.2, 0.25) is 0 Å². The van der Waals surface area contributed by atoms with E-state index in [1.807, 2.05) is 27.7 Å². The maximum atomic E-state index is 13.2. The van der Waals surface area contributed by atoms with Gasteiger partial charge in [-0.05, 0) is 63.5 Å². The Labute approximate surface area is 193 Å². The molecule has 0 bridgehead atoms. The molecule has 1 aromatic carbocycles. The molecule has 6 atom stereocenters. The van der Waals surface area contributed by atoms with Crippen molar-refractivity contribution in [3.63, 3.8) is 0 Å². The maximum absolute atomic E-state index is 13.2. The molecule has 1 aliphatic carbocycles. The number of β-amino-alcohol motifs (C(OH)–C–C–N with tert-alkyl or cyclic N) is 1. The van der Waals surface area contributed by atoms with Gasteiger partial charge < -0.3 is 20.6 Å². The first-order chi connectivity index (χ1) is 15.1. The van der Waals surface area contributed by atoms with Gasteiger partial charge in [-0.15, -0.1) is 0 Å².